The number of ether oxygens (including phenoxy) is 1. The molecule has 1 atom stereocenters. The average molecular weight is 326 g/mol. The highest BCUT2D eigenvalue weighted by Gasteiger charge is 2.15. The minimum Gasteiger partial charge on any atom is -0.465 e. The van der Waals surface area contributed by atoms with Crippen molar-refractivity contribution in [1.82, 2.24) is 10.2 Å². The van der Waals surface area contributed by atoms with Crippen LogP contribution in [0.3, 0.4) is 0 Å². The molecule has 1 heterocycles. The SMILES string of the molecule is CCOC(=O)CSC(C)c1nnc(-c2cccc(F)c2)s1. The van der Waals surface area contributed by atoms with Crippen LogP contribution in [-0.4, -0.2) is 28.5 Å². The lowest BCUT2D eigenvalue weighted by Crippen LogP contribution is -2.07. The van der Waals surface area contributed by atoms with Gasteiger partial charge in [-0.2, -0.15) is 0 Å². The van der Waals surface area contributed by atoms with Gasteiger partial charge in [0.2, 0.25) is 0 Å². The second-order valence-corrected chi connectivity index (χ2v) is 6.55. The maximum atomic E-state index is 13.2. The number of rotatable bonds is 6. The third kappa shape index (κ3) is 4.50. The fourth-order valence-corrected chi connectivity index (χ4v) is 3.38. The molecule has 0 radical (unpaired) electrons. The van der Waals surface area contributed by atoms with Gasteiger partial charge in [-0.1, -0.05) is 23.5 Å². The van der Waals surface area contributed by atoms with E-state index in [1.807, 2.05) is 6.92 Å². The van der Waals surface area contributed by atoms with Crippen molar-refractivity contribution >= 4 is 29.1 Å². The molecule has 21 heavy (non-hydrogen) atoms. The zero-order chi connectivity index (χ0) is 15.2. The summed E-state index contributed by atoms with van der Waals surface area (Å²) < 4.78 is 18.1. The van der Waals surface area contributed by atoms with Crippen molar-refractivity contribution in [1.29, 1.82) is 0 Å². The van der Waals surface area contributed by atoms with Gasteiger partial charge in [0.15, 0.2) is 0 Å². The molecular formula is C14H15FN2O2S2. The normalized spacial score (nSPS) is 12.1. The van der Waals surface area contributed by atoms with Gasteiger partial charge in [-0.3, -0.25) is 4.79 Å². The van der Waals surface area contributed by atoms with Gasteiger partial charge in [-0.25, -0.2) is 4.39 Å². The molecule has 0 aliphatic carbocycles. The van der Waals surface area contributed by atoms with E-state index in [0.29, 0.717) is 17.2 Å². The number of benzene rings is 1. The molecule has 2 aromatic rings. The number of carbonyl (C=O) groups excluding carboxylic acids is 1. The summed E-state index contributed by atoms with van der Waals surface area (Å²) in [6.45, 7) is 4.12. The van der Waals surface area contributed by atoms with E-state index in [1.54, 1.807) is 19.1 Å². The topological polar surface area (TPSA) is 52.1 Å². The van der Waals surface area contributed by atoms with Crippen LogP contribution in [0.1, 0.15) is 24.1 Å². The zero-order valence-corrected chi connectivity index (χ0v) is 13.3. The van der Waals surface area contributed by atoms with Crippen molar-refractivity contribution in [2.75, 3.05) is 12.4 Å². The predicted octanol–water partition coefficient (Wildman–Crippen LogP) is 3.70. The third-order valence-electron chi connectivity index (χ3n) is 2.62. The predicted molar refractivity (Wildman–Crippen MR) is 82.8 cm³/mol. The quantitative estimate of drug-likeness (QED) is 0.758. The van der Waals surface area contributed by atoms with Crippen LogP contribution in [0.2, 0.25) is 0 Å². The van der Waals surface area contributed by atoms with Crippen molar-refractivity contribution in [3.8, 4) is 10.6 Å². The summed E-state index contributed by atoms with van der Waals surface area (Å²) in [5.74, 6) is -0.248. The Morgan fingerprint density at radius 3 is 3.00 bits per heavy atom. The molecule has 7 heteroatoms. The van der Waals surface area contributed by atoms with Crippen molar-refractivity contribution in [2.45, 2.75) is 19.1 Å². The number of halogens is 1. The smallest absolute Gasteiger partial charge is 0.315 e. The second kappa shape index (κ2) is 7.51. The first-order valence-corrected chi connectivity index (χ1v) is 8.33. The Morgan fingerprint density at radius 2 is 2.29 bits per heavy atom. The van der Waals surface area contributed by atoms with Crippen molar-refractivity contribution in [3.05, 3.63) is 35.1 Å². The molecule has 0 aliphatic rings. The summed E-state index contributed by atoms with van der Waals surface area (Å²) in [6, 6.07) is 6.26. The van der Waals surface area contributed by atoms with Crippen LogP contribution in [0, 0.1) is 5.82 Å². The highest BCUT2D eigenvalue weighted by atomic mass is 32.2. The van der Waals surface area contributed by atoms with Crippen LogP contribution in [0.15, 0.2) is 24.3 Å². The zero-order valence-electron chi connectivity index (χ0n) is 11.7. The summed E-state index contributed by atoms with van der Waals surface area (Å²) in [5, 5.41) is 9.72. The minimum absolute atomic E-state index is 0.0363. The number of hydrogen-bond donors (Lipinski definition) is 0. The fraction of sp³-hybridized carbons (Fsp3) is 0.357. The van der Waals surface area contributed by atoms with E-state index in [1.165, 1.54) is 35.2 Å². The highest BCUT2D eigenvalue weighted by molar-refractivity contribution is 8.00. The largest absolute Gasteiger partial charge is 0.465 e. The molecular weight excluding hydrogens is 311 g/mol. The lowest BCUT2D eigenvalue weighted by atomic mass is 10.2. The van der Waals surface area contributed by atoms with Gasteiger partial charge in [0, 0.05) is 5.56 Å². The maximum absolute atomic E-state index is 13.2. The summed E-state index contributed by atoms with van der Waals surface area (Å²) in [7, 11) is 0. The third-order valence-corrected chi connectivity index (χ3v) is 5.05. The van der Waals surface area contributed by atoms with Crippen molar-refractivity contribution in [2.24, 2.45) is 0 Å². The molecule has 0 spiro atoms. The van der Waals surface area contributed by atoms with Gasteiger partial charge in [-0.15, -0.1) is 22.0 Å². The number of aromatic nitrogens is 2. The first-order valence-electron chi connectivity index (χ1n) is 6.46. The van der Waals surface area contributed by atoms with Gasteiger partial charge in [0.05, 0.1) is 17.6 Å². The highest BCUT2D eigenvalue weighted by Crippen LogP contribution is 2.33. The molecule has 0 N–H and O–H groups in total. The molecule has 1 aromatic heterocycles. The van der Waals surface area contributed by atoms with Crippen LogP contribution in [0.5, 0.6) is 0 Å². The minimum atomic E-state index is -0.297. The molecule has 112 valence electrons. The van der Waals surface area contributed by atoms with Crippen molar-refractivity contribution in [3.63, 3.8) is 0 Å². The molecule has 0 saturated heterocycles. The van der Waals surface area contributed by atoms with E-state index in [4.69, 9.17) is 4.74 Å². The van der Waals surface area contributed by atoms with Crippen LogP contribution in [0.4, 0.5) is 4.39 Å². The van der Waals surface area contributed by atoms with Gasteiger partial charge in [0.25, 0.3) is 0 Å². The monoisotopic (exact) mass is 326 g/mol. The first kappa shape index (κ1) is 15.9. The molecule has 4 nitrogen and oxygen atoms in total. The molecule has 0 aliphatic heterocycles. The van der Waals surface area contributed by atoms with Crippen LogP contribution in [0.25, 0.3) is 10.6 Å². The van der Waals surface area contributed by atoms with Crippen LogP contribution >= 0.6 is 23.1 Å². The summed E-state index contributed by atoms with van der Waals surface area (Å²) in [5.41, 5.74) is 0.710. The van der Waals surface area contributed by atoms with Gasteiger partial charge >= 0.3 is 5.97 Å². The van der Waals surface area contributed by atoms with Gasteiger partial charge < -0.3 is 4.74 Å². The molecule has 1 unspecified atom stereocenters. The Balaban J connectivity index is 2.00. The second-order valence-electron chi connectivity index (χ2n) is 4.21. The molecule has 2 rings (SSSR count). The average Bonchev–Trinajstić information content (AvgIpc) is 2.95. The number of esters is 1. The Hall–Kier alpha value is -1.47. The van der Waals surface area contributed by atoms with Gasteiger partial charge in [-0.05, 0) is 26.0 Å². The van der Waals surface area contributed by atoms with Gasteiger partial charge in [0.1, 0.15) is 15.8 Å². The van der Waals surface area contributed by atoms with Crippen molar-refractivity contribution < 1.29 is 13.9 Å². The lowest BCUT2D eigenvalue weighted by Gasteiger charge is -2.06. The first-order chi connectivity index (χ1) is 10.1. The van der Waals surface area contributed by atoms with E-state index in [-0.39, 0.29) is 22.8 Å². The van der Waals surface area contributed by atoms with E-state index in [9.17, 15) is 9.18 Å². The van der Waals surface area contributed by atoms with Crippen LogP contribution in [-0.2, 0) is 9.53 Å². The maximum Gasteiger partial charge on any atom is 0.315 e. The molecule has 0 fully saturated rings. The Labute approximate surface area is 130 Å². The Morgan fingerprint density at radius 1 is 1.48 bits per heavy atom. The number of nitrogens with zero attached hydrogens (tertiary/aromatic N) is 2. The molecule has 0 saturated carbocycles. The standard InChI is InChI=1S/C14H15FN2O2S2/c1-3-19-12(18)8-20-9(2)13-16-17-14(21-13)10-5-4-6-11(15)7-10/h4-7,9H,3,8H2,1-2H3. The summed E-state index contributed by atoms with van der Waals surface area (Å²) >= 11 is 2.85. The summed E-state index contributed by atoms with van der Waals surface area (Å²) in [4.78, 5) is 11.3. The number of carbonyl (C=O) groups is 1. The number of thioether (sulfide) groups is 1. The Kier molecular flexibility index (Phi) is 5.69. The van der Waals surface area contributed by atoms with E-state index >= 15 is 0 Å². The summed E-state index contributed by atoms with van der Waals surface area (Å²) in [6.07, 6.45) is 0. The van der Waals surface area contributed by atoms with Crippen LogP contribution < -0.4 is 0 Å². The van der Waals surface area contributed by atoms with E-state index < -0.39 is 0 Å². The number of hydrogen-bond acceptors (Lipinski definition) is 6. The molecule has 0 amide bonds. The lowest BCUT2D eigenvalue weighted by molar-refractivity contribution is -0.139. The molecule has 1 aromatic carbocycles. The van der Waals surface area contributed by atoms with E-state index in [2.05, 4.69) is 10.2 Å². The fourth-order valence-electron chi connectivity index (χ4n) is 1.60. The Bertz CT molecular complexity index is 619. The van der Waals surface area contributed by atoms with E-state index in [0.717, 1.165) is 5.01 Å². The molecule has 0 bridgehead atoms.